The zero-order chi connectivity index (χ0) is 26.7. The number of halogens is 6. The highest BCUT2D eigenvalue weighted by Crippen LogP contribution is 2.34. The number of benzene rings is 3. The first-order chi connectivity index (χ1) is 17.5. The lowest BCUT2D eigenvalue weighted by Gasteiger charge is -2.32. The Morgan fingerprint density at radius 3 is 2.38 bits per heavy atom. The summed E-state index contributed by atoms with van der Waals surface area (Å²) in [5.41, 5.74) is -0.0557. The Morgan fingerprint density at radius 2 is 1.73 bits per heavy atom. The first kappa shape index (κ1) is 27.0. The second-order valence-electron chi connectivity index (χ2n) is 8.01. The quantitative estimate of drug-likeness (QED) is 0.327. The number of aliphatic imine (C=N–C) groups is 1. The number of carbonyl (C=O) groups is 2. The number of carbonyl (C=O) groups excluding carboxylic acids is 2. The molecule has 1 aliphatic rings. The minimum Gasteiger partial charge on any atom is -0.325 e. The van der Waals surface area contributed by atoms with Gasteiger partial charge in [0.1, 0.15) is 11.1 Å². The van der Waals surface area contributed by atoms with Gasteiger partial charge in [0.05, 0.1) is 17.8 Å². The van der Waals surface area contributed by atoms with E-state index in [-0.39, 0.29) is 23.8 Å². The molecule has 0 saturated carbocycles. The number of amidine groups is 1. The van der Waals surface area contributed by atoms with Crippen molar-refractivity contribution >= 4 is 63.3 Å². The highest BCUT2D eigenvalue weighted by molar-refractivity contribution is 8.15. The summed E-state index contributed by atoms with van der Waals surface area (Å²) in [6.07, 6.45) is -4.78. The topological polar surface area (TPSA) is 61.8 Å². The Morgan fingerprint density at radius 1 is 1.05 bits per heavy atom. The lowest BCUT2D eigenvalue weighted by atomic mass is 10.2. The molecule has 4 rings (SSSR count). The van der Waals surface area contributed by atoms with Gasteiger partial charge in [-0.15, -0.1) is 0 Å². The van der Waals surface area contributed by atoms with Crippen molar-refractivity contribution in [1.82, 2.24) is 4.90 Å². The number of nitrogens with zero attached hydrogens (tertiary/aromatic N) is 2. The summed E-state index contributed by atoms with van der Waals surface area (Å²) in [5, 5.41) is 2.35. The second kappa shape index (κ2) is 11.1. The Hall–Kier alpha value is -3.08. The molecule has 3 aromatic rings. The molecule has 1 unspecified atom stereocenters. The van der Waals surface area contributed by atoms with E-state index in [4.69, 9.17) is 23.2 Å². The van der Waals surface area contributed by atoms with E-state index in [1.54, 1.807) is 0 Å². The van der Waals surface area contributed by atoms with Gasteiger partial charge in [0.15, 0.2) is 5.17 Å². The molecular formula is C25H17Cl2F4N3O2S. The van der Waals surface area contributed by atoms with Gasteiger partial charge in [-0.3, -0.25) is 14.5 Å². The van der Waals surface area contributed by atoms with Crippen LogP contribution >= 0.6 is 35.0 Å². The van der Waals surface area contributed by atoms with Crippen LogP contribution in [-0.2, 0) is 22.3 Å². The summed E-state index contributed by atoms with van der Waals surface area (Å²) in [4.78, 5) is 31.7. The summed E-state index contributed by atoms with van der Waals surface area (Å²) in [7, 11) is 0. The van der Waals surface area contributed by atoms with Crippen molar-refractivity contribution in [2.75, 3.05) is 5.32 Å². The zero-order valence-electron chi connectivity index (χ0n) is 18.7. The molecule has 1 atom stereocenters. The van der Waals surface area contributed by atoms with E-state index in [0.717, 1.165) is 23.9 Å². The molecule has 0 aliphatic carbocycles. The third-order valence-corrected chi connectivity index (χ3v) is 6.84. The van der Waals surface area contributed by atoms with Crippen molar-refractivity contribution in [3.8, 4) is 0 Å². The number of amides is 2. The van der Waals surface area contributed by atoms with E-state index in [0.29, 0.717) is 21.3 Å². The lowest BCUT2D eigenvalue weighted by Crippen LogP contribution is -2.44. The molecule has 2 amide bonds. The van der Waals surface area contributed by atoms with Gasteiger partial charge in [-0.2, -0.15) is 13.2 Å². The lowest BCUT2D eigenvalue weighted by molar-refractivity contribution is -0.137. The molecule has 3 aromatic carbocycles. The molecule has 0 aromatic heterocycles. The maximum atomic E-state index is 13.3. The van der Waals surface area contributed by atoms with E-state index in [9.17, 15) is 27.2 Å². The van der Waals surface area contributed by atoms with Gasteiger partial charge < -0.3 is 5.32 Å². The summed E-state index contributed by atoms with van der Waals surface area (Å²) >= 11 is 12.9. The third-order valence-electron chi connectivity index (χ3n) is 5.21. The van der Waals surface area contributed by atoms with Crippen LogP contribution in [-0.4, -0.2) is 27.1 Å². The molecule has 37 heavy (non-hydrogen) atoms. The highest BCUT2D eigenvalue weighted by Gasteiger charge is 2.36. The fourth-order valence-electron chi connectivity index (χ4n) is 3.48. The second-order valence-corrected chi connectivity index (χ2v) is 10.0. The molecule has 1 saturated heterocycles. The van der Waals surface area contributed by atoms with Gasteiger partial charge in [0.25, 0.3) is 0 Å². The highest BCUT2D eigenvalue weighted by atomic mass is 35.5. The summed E-state index contributed by atoms with van der Waals surface area (Å²) in [6.45, 7) is -0.0118. The largest absolute Gasteiger partial charge is 0.416 e. The number of hydrogen-bond acceptors (Lipinski definition) is 4. The fraction of sp³-hybridized carbons (Fsp3) is 0.160. The number of anilines is 1. The number of alkyl halides is 3. The van der Waals surface area contributed by atoms with E-state index >= 15 is 0 Å². The third kappa shape index (κ3) is 7.03. The van der Waals surface area contributed by atoms with Crippen LogP contribution in [0.1, 0.15) is 17.5 Å². The first-order valence-electron chi connectivity index (χ1n) is 10.7. The monoisotopic (exact) mass is 569 g/mol. The predicted octanol–water partition coefficient (Wildman–Crippen LogP) is 7.31. The van der Waals surface area contributed by atoms with E-state index in [1.165, 1.54) is 59.5 Å². The zero-order valence-corrected chi connectivity index (χ0v) is 21.1. The van der Waals surface area contributed by atoms with Crippen LogP contribution in [0.5, 0.6) is 0 Å². The van der Waals surface area contributed by atoms with Gasteiger partial charge in [-0.05, 0) is 54.1 Å². The minimum atomic E-state index is -4.58. The van der Waals surface area contributed by atoms with Crippen LogP contribution in [0.3, 0.4) is 0 Å². The molecule has 1 fully saturated rings. The predicted molar refractivity (Wildman–Crippen MR) is 137 cm³/mol. The average molecular weight is 570 g/mol. The number of rotatable bonds is 5. The SMILES string of the molecule is O=C(Nc1cc(Cl)cc(Cl)c1)C1CC(=O)N(Cc2ccc(F)cc2)C(=Nc2cccc(C(F)(F)F)c2)S1. The number of nitrogens with one attached hydrogen (secondary N) is 1. The van der Waals surface area contributed by atoms with Crippen LogP contribution in [0, 0.1) is 5.82 Å². The van der Waals surface area contributed by atoms with Gasteiger partial charge in [-0.25, -0.2) is 9.38 Å². The standard InChI is InChI=1S/C25H17Cl2F4N3O2S/c26-16-9-17(27)11-20(10-16)32-23(36)21-12-22(35)34(13-14-4-6-18(28)7-5-14)24(37-21)33-19-3-1-2-15(8-19)25(29,30)31/h1-11,21H,12-13H2,(H,32,36). The summed E-state index contributed by atoms with van der Waals surface area (Å²) < 4.78 is 53.0. The van der Waals surface area contributed by atoms with Crippen LogP contribution < -0.4 is 5.32 Å². The number of thioether (sulfide) groups is 1. The van der Waals surface area contributed by atoms with Crippen LogP contribution in [0.25, 0.3) is 0 Å². The smallest absolute Gasteiger partial charge is 0.325 e. The van der Waals surface area contributed by atoms with E-state index in [2.05, 4.69) is 10.3 Å². The molecule has 0 radical (unpaired) electrons. The average Bonchev–Trinajstić information content (AvgIpc) is 2.81. The molecule has 0 spiro atoms. The molecule has 5 nitrogen and oxygen atoms in total. The maximum Gasteiger partial charge on any atom is 0.416 e. The van der Waals surface area contributed by atoms with Crippen LogP contribution in [0.15, 0.2) is 71.7 Å². The summed E-state index contributed by atoms with van der Waals surface area (Å²) in [6, 6.07) is 14.2. The van der Waals surface area contributed by atoms with Crippen LogP contribution in [0.4, 0.5) is 28.9 Å². The Balaban J connectivity index is 1.65. The van der Waals surface area contributed by atoms with Gasteiger partial charge in [-0.1, -0.05) is 53.2 Å². The number of hydrogen-bond donors (Lipinski definition) is 1. The van der Waals surface area contributed by atoms with Crippen LogP contribution in [0.2, 0.25) is 10.0 Å². The Bertz CT molecular complexity index is 1350. The van der Waals surface area contributed by atoms with Crippen molar-refractivity contribution in [3.05, 3.63) is 93.7 Å². The van der Waals surface area contributed by atoms with E-state index < -0.39 is 34.6 Å². The van der Waals surface area contributed by atoms with Crippen molar-refractivity contribution in [2.45, 2.75) is 24.4 Å². The molecule has 1 heterocycles. The molecule has 1 aliphatic heterocycles. The van der Waals surface area contributed by atoms with Gasteiger partial charge >= 0.3 is 6.18 Å². The van der Waals surface area contributed by atoms with Gasteiger partial charge in [0.2, 0.25) is 11.8 Å². The first-order valence-corrected chi connectivity index (χ1v) is 12.4. The van der Waals surface area contributed by atoms with Gasteiger partial charge in [0, 0.05) is 22.2 Å². The minimum absolute atomic E-state index is 0.0118. The Labute approximate surface area is 223 Å². The van der Waals surface area contributed by atoms with Crippen molar-refractivity contribution in [3.63, 3.8) is 0 Å². The van der Waals surface area contributed by atoms with Crippen molar-refractivity contribution in [2.24, 2.45) is 4.99 Å². The maximum absolute atomic E-state index is 13.3. The molecule has 192 valence electrons. The molecule has 12 heteroatoms. The fourth-order valence-corrected chi connectivity index (χ4v) is 5.10. The molecular weight excluding hydrogens is 553 g/mol. The van der Waals surface area contributed by atoms with Crippen molar-refractivity contribution in [1.29, 1.82) is 0 Å². The Kier molecular flexibility index (Phi) is 8.11. The normalized spacial score (nSPS) is 17.2. The summed E-state index contributed by atoms with van der Waals surface area (Å²) in [5.74, 6) is -1.47. The van der Waals surface area contributed by atoms with E-state index in [1.807, 2.05) is 0 Å². The molecule has 0 bridgehead atoms. The van der Waals surface area contributed by atoms with Crippen molar-refractivity contribution < 1.29 is 27.2 Å². The molecule has 1 N–H and O–H groups in total.